The number of morpholine rings is 1. The second-order valence-corrected chi connectivity index (χ2v) is 7.01. The lowest BCUT2D eigenvalue weighted by Gasteiger charge is -2.26. The van der Waals surface area contributed by atoms with Crippen molar-refractivity contribution in [3.63, 3.8) is 0 Å². The van der Waals surface area contributed by atoms with Gasteiger partial charge in [-0.3, -0.25) is 18.8 Å². The molecule has 28 heavy (non-hydrogen) atoms. The van der Waals surface area contributed by atoms with Gasteiger partial charge in [0.25, 0.3) is 5.56 Å². The second-order valence-electron chi connectivity index (χ2n) is 7.01. The van der Waals surface area contributed by atoms with Crippen LogP contribution in [-0.4, -0.2) is 49.9 Å². The van der Waals surface area contributed by atoms with E-state index >= 15 is 0 Å². The molecular weight excluding hydrogens is 365 g/mol. The van der Waals surface area contributed by atoms with E-state index in [1.165, 1.54) is 23.7 Å². The number of benzene rings is 1. The summed E-state index contributed by atoms with van der Waals surface area (Å²) in [7, 11) is 3.07. The molecule has 9 heteroatoms. The van der Waals surface area contributed by atoms with E-state index in [-0.39, 0.29) is 11.4 Å². The minimum Gasteiger partial charge on any atom is -0.379 e. The van der Waals surface area contributed by atoms with Crippen LogP contribution in [0.15, 0.2) is 33.9 Å². The van der Waals surface area contributed by atoms with Crippen molar-refractivity contribution in [3.05, 3.63) is 62.3 Å². The SMILES string of the molecule is Cn1c(=O)c2c(nc(CN3CCOCC3)n2Cc2ccc(F)cc2)n(C)c1=O. The highest BCUT2D eigenvalue weighted by atomic mass is 19.1. The van der Waals surface area contributed by atoms with Gasteiger partial charge in [-0.2, -0.15) is 0 Å². The summed E-state index contributed by atoms with van der Waals surface area (Å²) in [5.41, 5.74) is 0.776. The number of rotatable bonds is 4. The van der Waals surface area contributed by atoms with Crippen LogP contribution in [0.5, 0.6) is 0 Å². The van der Waals surface area contributed by atoms with Gasteiger partial charge in [0.15, 0.2) is 11.2 Å². The van der Waals surface area contributed by atoms with Crippen LogP contribution in [0.4, 0.5) is 4.39 Å². The van der Waals surface area contributed by atoms with E-state index in [9.17, 15) is 14.0 Å². The molecule has 1 saturated heterocycles. The average Bonchev–Trinajstić information content (AvgIpc) is 3.05. The summed E-state index contributed by atoms with van der Waals surface area (Å²) in [5.74, 6) is 0.380. The van der Waals surface area contributed by atoms with Crippen molar-refractivity contribution in [2.75, 3.05) is 26.3 Å². The first-order chi connectivity index (χ1) is 13.5. The molecule has 1 aliphatic heterocycles. The third-order valence-electron chi connectivity index (χ3n) is 5.15. The first kappa shape index (κ1) is 18.6. The van der Waals surface area contributed by atoms with E-state index in [0.717, 1.165) is 23.2 Å². The summed E-state index contributed by atoms with van der Waals surface area (Å²) in [6, 6.07) is 6.16. The highest BCUT2D eigenvalue weighted by molar-refractivity contribution is 5.71. The molecule has 0 N–H and O–H groups in total. The summed E-state index contributed by atoms with van der Waals surface area (Å²) in [6.45, 7) is 3.75. The molecule has 1 aliphatic rings. The monoisotopic (exact) mass is 387 g/mol. The maximum Gasteiger partial charge on any atom is 0.332 e. The summed E-state index contributed by atoms with van der Waals surface area (Å²) in [5, 5.41) is 0. The average molecular weight is 387 g/mol. The van der Waals surface area contributed by atoms with Gasteiger partial charge >= 0.3 is 5.69 Å². The van der Waals surface area contributed by atoms with Crippen molar-refractivity contribution in [3.8, 4) is 0 Å². The largest absolute Gasteiger partial charge is 0.379 e. The van der Waals surface area contributed by atoms with Crippen molar-refractivity contribution >= 4 is 11.2 Å². The van der Waals surface area contributed by atoms with E-state index in [0.29, 0.717) is 43.3 Å². The fourth-order valence-electron chi connectivity index (χ4n) is 3.51. The molecule has 0 aliphatic carbocycles. The smallest absolute Gasteiger partial charge is 0.332 e. The van der Waals surface area contributed by atoms with E-state index in [1.807, 2.05) is 4.57 Å². The highest BCUT2D eigenvalue weighted by Gasteiger charge is 2.21. The van der Waals surface area contributed by atoms with Gasteiger partial charge in [-0.05, 0) is 17.7 Å². The molecule has 0 bridgehead atoms. The minimum absolute atomic E-state index is 0.314. The molecule has 0 unspecified atom stereocenters. The number of fused-ring (bicyclic) bond motifs is 1. The van der Waals surface area contributed by atoms with Crippen molar-refractivity contribution in [2.24, 2.45) is 14.1 Å². The lowest BCUT2D eigenvalue weighted by molar-refractivity contribution is 0.0327. The first-order valence-electron chi connectivity index (χ1n) is 9.15. The molecule has 1 aromatic carbocycles. The number of imidazole rings is 1. The number of hydrogen-bond acceptors (Lipinski definition) is 5. The second kappa shape index (κ2) is 7.33. The molecule has 1 fully saturated rings. The Morgan fingerprint density at radius 3 is 2.39 bits per heavy atom. The standard InChI is InChI=1S/C19H22FN5O3/c1-22-17-16(18(26)23(2)19(22)27)25(11-13-3-5-14(20)6-4-13)15(21-17)12-24-7-9-28-10-8-24/h3-6H,7-12H2,1-2H3. The summed E-state index contributed by atoms with van der Waals surface area (Å²) in [4.78, 5) is 32.0. The van der Waals surface area contributed by atoms with Gasteiger partial charge in [-0.25, -0.2) is 14.2 Å². The summed E-state index contributed by atoms with van der Waals surface area (Å²) in [6.07, 6.45) is 0. The zero-order valence-corrected chi connectivity index (χ0v) is 15.9. The Bertz CT molecular complexity index is 1120. The number of aryl methyl sites for hydroxylation is 1. The van der Waals surface area contributed by atoms with E-state index in [4.69, 9.17) is 4.74 Å². The van der Waals surface area contributed by atoms with Crippen LogP contribution < -0.4 is 11.2 Å². The number of halogens is 1. The van der Waals surface area contributed by atoms with Crippen molar-refractivity contribution in [2.45, 2.75) is 13.1 Å². The normalized spacial score (nSPS) is 15.4. The van der Waals surface area contributed by atoms with Crippen LogP contribution >= 0.6 is 0 Å². The van der Waals surface area contributed by atoms with Gasteiger partial charge in [-0.15, -0.1) is 0 Å². The third-order valence-corrected chi connectivity index (χ3v) is 5.15. The van der Waals surface area contributed by atoms with Crippen molar-refractivity contribution in [1.29, 1.82) is 0 Å². The molecule has 3 aromatic rings. The lowest BCUT2D eigenvalue weighted by Crippen LogP contribution is -2.38. The van der Waals surface area contributed by atoms with Crippen LogP contribution in [0.2, 0.25) is 0 Å². The van der Waals surface area contributed by atoms with E-state index in [1.54, 1.807) is 19.2 Å². The molecule has 4 rings (SSSR count). The van der Waals surface area contributed by atoms with Gasteiger partial charge < -0.3 is 9.30 Å². The fraction of sp³-hybridized carbons (Fsp3) is 0.421. The van der Waals surface area contributed by atoms with E-state index < -0.39 is 5.69 Å². The highest BCUT2D eigenvalue weighted by Crippen LogP contribution is 2.17. The minimum atomic E-state index is -0.415. The molecule has 0 saturated carbocycles. The van der Waals surface area contributed by atoms with Gasteiger partial charge in [0.1, 0.15) is 11.6 Å². The van der Waals surface area contributed by atoms with Crippen LogP contribution in [0.3, 0.4) is 0 Å². The van der Waals surface area contributed by atoms with Crippen molar-refractivity contribution < 1.29 is 9.13 Å². The van der Waals surface area contributed by atoms with Gasteiger partial charge in [0.05, 0.1) is 19.8 Å². The molecule has 0 radical (unpaired) electrons. The molecule has 148 valence electrons. The Kier molecular flexibility index (Phi) is 4.86. The van der Waals surface area contributed by atoms with E-state index in [2.05, 4.69) is 9.88 Å². The molecular formula is C19H22FN5O3. The molecule has 2 aromatic heterocycles. The van der Waals surface area contributed by atoms with Crippen LogP contribution in [-0.2, 0) is 31.9 Å². The van der Waals surface area contributed by atoms with Gasteiger partial charge in [0.2, 0.25) is 0 Å². The zero-order chi connectivity index (χ0) is 19.8. The van der Waals surface area contributed by atoms with Crippen LogP contribution in [0, 0.1) is 5.82 Å². The fourth-order valence-corrected chi connectivity index (χ4v) is 3.51. The molecule has 3 heterocycles. The Hall–Kier alpha value is -2.78. The van der Waals surface area contributed by atoms with Crippen molar-refractivity contribution in [1.82, 2.24) is 23.6 Å². The van der Waals surface area contributed by atoms with Gasteiger partial charge in [-0.1, -0.05) is 12.1 Å². The Labute approximate surface area is 160 Å². The van der Waals surface area contributed by atoms with Crippen LogP contribution in [0.25, 0.3) is 11.2 Å². The first-order valence-corrected chi connectivity index (χ1v) is 9.15. The Balaban J connectivity index is 1.87. The summed E-state index contributed by atoms with van der Waals surface area (Å²) < 4.78 is 23.0. The molecule has 0 spiro atoms. The van der Waals surface area contributed by atoms with Gasteiger partial charge in [0, 0.05) is 33.7 Å². The molecule has 8 nitrogen and oxygen atoms in total. The zero-order valence-electron chi connectivity index (χ0n) is 15.9. The molecule has 0 atom stereocenters. The quantitative estimate of drug-likeness (QED) is 0.650. The molecule has 0 amide bonds. The Morgan fingerprint density at radius 2 is 1.71 bits per heavy atom. The predicted molar refractivity (Wildman–Crippen MR) is 102 cm³/mol. The third kappa shape index (κ3) is 3.27. The number of aromatic nitrogens is 4. The lowest BCUT2D eigenvalue weighted by atomic mass is 10.2. The Morgan fingerprint density at radius 1 is 1.04 bits per heavy atom. The topological polar surface area (TPSA) is 74.3 Å². The number of hydrogen-bond donors (Lipinski definition) is 0. The number of nitrogens with zero attached hydrogens (tertiary/aromatic N) is 5. The maximum atomic E-state index is 13.3. The summed E-state index contributed by atoms with van der Waals surface area (Å²) >= 11 is 0. The number of ether oxygens (including phenoxy) is 1. The predicted octanol–water partition coefficient (Wildman–Crippen LogP) is 0.453. The maximum absolute atomic E-state index is 13.3. The van der Waals surface area contributed by atoms with Crippen LogP contribution in [0.1, 0.15) is 11.4 Å².